The summed E-state index contributed by atoms with van der Waals surface area (Å²) < 4.78 is 27.8. The van der Waals surface area contributed by atoms with Gasteiger partial charge in [0.15, 0.2) is 11.6 Å². The van der Waals surface area contributed by atoms with Gasteiger partial charge < -0.3 is 10.1 Å². The number of halogens is 2. The highest BCUT2D eigenvalue weighted by Gasteiger charge is 2.18. The van der Waals surface area contributed by atoms with Crippen LogP contribution in [0.2, 0.25) is 0 Å². The van der Waals surface area contributed by atoms with E-state index in [4.69, 9.17) is 5.11 Å². The molecule has 0 spiro atoms. The molecule has 0 aliphatic rings. The number of benzene rings is 1. The molecule has 6 nitrogen and oxygen atoms in total. The SMILES string of the molecule is O=C(O)c1csc2c1c(=O)[nH]c1cc(-c3ccc(F)c(F)c3)nn12. The normalized spacial score (nSPS) is 11.4. The second-order valence-corrected chi connectivity index (χ2v) is 5.90. The van der Waals surface area contributed by atoms with Crippen LogP contribution in [-0.2, 0) is 0 Å². The third-order valence-electron chi connectivity index (χ3n) is 3.59. The van der Waals surface area contributed by atoms with Gasteiger partial charge in [0.1, 0.15) is 10.5 Å². The summed E-state index contributed by atoms with van der Waals surface area (Å²) in [7, 11) is 0. The molecule has 4 aromatic rings. The number of rotatable bonds is 2. The molecule has 3 heterocycles. The third kappa shape index (κ3) is 2.02. The summed E-state index contributed by atoms with van der Waals surface area (Å²) in [5.74, 6) is -3.19. The molecule has 0 unspecified atom stereocenters. The largest absolute Gasteiger partial charge is 0.478 e. The lowest BCUT2D eigenvalue weighted by atomic mass is 10.1. The van der Waals surface area contributed by atoms with Gasteiger partial charge in [-0.05, 0) is 18.2 Å². The van der Waals surface area contributed by atoms with E-state index in [1.54, 1.807) is 0 Å². The Morgan fingerprint density at radius 1 is 1.25 bits per heavy atom. The number of aromatic carboxylic acids is 1. The van der Waals surface area contributed by atoms with Gasteiger partial charge in [-0.1, -0.05) is 0 Å². The van der Waals surface area contributed by atoms with Crippen molar-refractivity contribution in [3.63, 3.8) is 0 Å². The fourth-order valence-electron chi connectivity index (χ4n) is 2.48. The zero-order valence-electron chi connectivity index (χ0n) is 11.7. The van der Waals surface area contributed by atoms with Gasteiger partial charge in [0.2, 0.25) is 0 Å². The second-order valence-electron chi connectivity index (χ2n) is 5.04. The molecule has 0 saturated heterocycles. The monoisotopic (exact) mass is 347 g/mol. The molecule has 2 N–H and O–H groups in total. The summed E-state index contributed by atoms with van der Waals surface area (Å²) in [6.45, 7) is 0. The molecule has 0 amide bonds. The minimum atomic E-state index is -1.21. The molecule has 3 aromatic heterocycles. The molecule has 0 radical (unpaired) electrons. The molecule has 0 aliphatic heterocycles. The summed E-state index contributed by atoms with van der Waals surface area (Å²) in [5, 5.41) is 14.8. The highest BCUT2D eigenvalue weighted by molar-refractivity contribution is 7.17. The molecule has 1 aromatic carbocycles. The predicted octanol–water partition coefficient (Wildman–Crippen LogP) is 2.88. The number of H-pyrrole nitrogens is 1. The highest BCUT2D eigenvalue weighted by Crippen LogP contribution is 2.26. The van der Waals surface area contributed by atoms with Crippen molar-refractivity contribution in [2.24, 2.45) is 0 Å². The zero-order chi connectivity index (χ0) is 17.0. The quantitative estimate of drug-likeness (QED) is 0.584. The van der Waals surface area contributed by atoms with Crippen molar-refractivity contribution in [1.82, 2.24) is 14.6 Å². The molecule has 24 heavy (non-hydrogen) atoms. The first-order valence-corrected chi connectivity index (χ1v) is 7.55. The zero-order valence-corrected chi connectivity index (χ0v) is 12.5. The average Bonchev–Trinajstić information content (AvgIpc) is 3.13. The van der Waals surface area contributed by atoms with E-state index in [2.05, 4.69) is 10.1 Å². The molecule has 9 heteroatoms. The van der Waals surface area contributed by atoms with E-state index in [-0.39, 0.29) is 10.9 Å². The Kier molecular flexibility index (Phi) is 3.00. The van der Waals surface area contributed by atoms with Gasteiger partial charge in [-0.3, -0.25) is 4.79 Å². The van der Waals surface area contributed by atoms with Crippen LogP contribution >= 0.6 is 11.3 Å². The number of thiophene rings is 1. The summed E-state index contributed by atoms with van der Waals surface area (Å²) in [5.41, 5.74) is 0.325. The topological polar surface area (TPSA) is 87.5 Å². The number of carboxylic acids is 1. The smallest absolute Gasteiger partial charge is 0.337 e. The maximum absolute atomic E-state index is 13.4. The number of hydrogen-bond donors (Lipinski definition) is 2. The van der Waals surface area contributed by atoms with Gasteiger partial charge in [-0.25, -0.2) is 18.1 Å². The minimum Gasteiger partial charge on any atom is -0.478 e. The standard InChI is InChI=1S/C15H7F2N3O3S/c16-8-2-1-6(3-9(8)17)10-4-11-18-13(21)12-7(15(22)23)5-24-14(12)20(11)19-10/h1-5H,(H,18,21)(H,22,23). The van der Waals surface area contributed by atoms with Crippen LogP contribution in [0.25, 0.3) is 27.1 Å². The Morgan fingerprint density at radius 2 is 2.04 bits per heavy atom. The van der Waals surface area contributed by atoms with E-state index in [0.717, 1.165) is 23.5 Å². The number of carboxylic acid groups (broad SMARTS) is 1. The van der Waals surface area contributed by atoms with Gasteiger partial charge in [-0.15, -0.1) is 11.3 Å². The van der Waals surface area contributed by atoms with Crippen molar-refractivity contribution >= 4 is 33.2 Å². The van der Waals surface area contributed by atoms with Gasteiger partial charge in [-0.2, -0.15) is 5.10 Å². The minimum absolute atomic E-state index is 0.0277. The molecular weight excluding hydrogens is 340 g/mol. The van der Waals surface area contributed by atoms with Crippen molar-refractivity contribution in [2.45, 2.75) is 0 Å². The maximum atomic E-state index is 13.4. The fourth-order valence-corrected chi connectivity index (χ4v) is 3.49. The Balaban J connectivity index is 2.01. The van der Waals surface area contributed by atoms with E-state index in [1.165, 1.54) is 22.0 Å². The molecule has 120 valence electrons. The number of aromatic amines is 1. The molecule has 4 rings (SSSR count). The molecule has 0 saturated carbocycles. The molecule has 0 aliphatic carbocycles. The average molecular weight is 347 g/mol. The summed E-state index contributed by atoms with van der Waals surface area (Å²) in [4.78, 5) is 26.3. The van der Waals surface area contributed by atoms with E-state index in [9.17, 15) is 18.4 Å². The van der Waals surface area contributed by atoms with Crippen LogP contribution in [0.3, 0.4) is 0 Å². The number of hydrogen-bond acceptors (Lipinski definition) is 4. The van der Waals surface area contributed by atoms with Crippen LogP contribution in [0.5, 0.6) is 0 Å². The highest BCUT2D eigenvalue weighted by atomic mass is 32.1. The third-order valence-corrected chi connectivity index (χ3v) is 4.54. The first kappa shape index (κ1) is 14.5. The summed E-state index contributed by atoms with van der Waals surface area (Å²) in [6.07, 6.45) is 0. The number of nitrogens with one attached hydrogen (secondary N) is 1. The van der Waals surface area contributed by atoms with Crippen molar-refractivity contribution in [3.05, 3.63) is 57.2 Å². The lowest BCUT2D eigenvalue weighted by Crippen LogP contribution is -2.11. The summed E-state index contributed by atoms with van der Waals surface area (Å²) >= 11 is 1.07. The van der Waals surface area contributed by atoms with E-state index < -0.39 is 23.2 Å². The first-order valence-electron chi connectivity index (χ1n) is 6.67. The summed E-state index contributed by atoms with van der Waals surface area (Å²) in [6, 6.07) is 4.87. The van der Waals surface area contributed by atoms with Gasteiger partial charge in [0.25, 0.3) is 5.56 Å². The fraction of sp³-hybridized carbons (Fsp3) is 0. The second kappa shape index (κ2) is 4.96. The van der Waals surface area contributed by atoms with Crippen LogP contribution in [0.1, 0.15) is 10.4 Å². The molecule has 0 fully saturated rings. The van der Waals surface area contributed by atoms with Crippen molar-refractivity contribution < 1.29 is 18.7 Å². The van der Waals surface area contributed by atoms with Gasteiger partial charge in [0, 0.05) is 17.0 Å². The Morgan fingerprint density at radius 3 is 2.75 bits per heavy atom. The van der Waals surface area contributed by atoms with E-state index >= 15 is 0 Å². The number of nitrogens with zero attached hydrogens (tertiary/aromatic N) is 2. The Bertz CT molecular complexity index is 1190. The molecular formula is C15H7F2N3O3S. The number of carbonyl (C=O) groups is 1. The van der Waals surface area contributed by atoms with Crippen LogP contribution in [-0.4, -0.2) is 25.7 Å². The van der Waals surface area contributed by atoms with Crippen LogP contribution in [0.4, 0.5) is 8.78 Å². The van der Waals surface area contributed by atoms with Gasteiger partial charge in [0.05, 0.1) is 16.6 Å². The lowest BCUT2D eigenvalue weighted by Gasteiger charge is -1.97. The first-order chi connectivity index (χ1) is 11.5. The van der Waals surface area contributed by atoms with E-state index in [0.29, 0.717) is 21.7 Å². The van der Waals surface area contributed by atoms with Crippen molar-refractivity contribution in [1.29, 1.82) is 0 Å². The maximum Gasteiger partial charge on any atom is 0.337 e. The van der Waals surface area contributed by atoms with Crippen LogP contribution in [0.15, 0.2) is 34.4 Å². The van der Waals surface area contributed by atoms with Crippen LogP contribution < -0.4 is 5.56 Å². The predicted molar refractivity (Wildman–Crippen MR) is 83.5 cm³/mol. The number of aromatic nitrogens is 3. The van der Waals surface area contributed by atoms with Crippen molar-refractivity contribution in [3.8, 4) is 11.3 Å². The van der Waals surface area contributed by atoms with Crippen LogP contribution in [0, 0.1) is 11.6 Å². The van der Waals surface area contributed by atoms with Gasteiger partial charge >= 0.3 is 5.97 Å². The van der Waals surface area contributed by atoms with E-state index in [1.807, 2.05) is 0 Å². The Hall–Kier alpha value is -3.07. The molecule has 0 atom stereocenters. The van der Waals surface area contributed by atoms with Crippen molar-refractivity contribution in [2.75, 3.05) is 0 Å². The number of fused-ring (bicyclic) bond motifs is 3. The lowest BCUT2D eigenvalue weighted by molar-refractivity contribution is 0.0699. The Labute approximate surface area is 135 Å². The molecule has 0 bridgehead atoms.